The molecule has 0 aromatic rings. The summed E-state index contributed by atoms with van der Waals surface area (Å²) in [6.07, 6.45) is 4.43. The number of hydrogen-bond donors (Lipinski definition) is 1. The molecule has 0 unspecified atom stereocenters. The predicted molar refractivity (Wildman–Crippen MR) is 73.5 cm³/mol. The van der Waals surface area contributed by atoms with Crippen LogP contribution in [0.25, 0.3) is 0 Å². The maximum absolute atomic E-state index is 11.1. The zero-order chi connectivity index (χ0) is 13.8. The molecule has 1 N–H and O–H groups in total. The first-order valence-electron chi connectivity index (χ1n) is 7.12. The average molecular weight is 259 g/mol. The van der Waals surface area contributed by atoms with Crippen molar-refractivity contribution < 1.29 is 14.6 Å². The summed E-state index contributed by atoms with van der Waals surface area (Å²) in [5.74, 6) is -0.0847. The van der Waals surface area contributed by atoms with E-state index in [1.165, 1.54) is 0 Å². The molecule has 0 heterocycles. The summed E-state index contributed by atoms with van der Waals surface area (Å²) in [7, 11) is 0. The zero-order valence-electron chi connectivity index (χ0n) is 12.2. The van der Waals surface area contributed by atoms with Gasteiger partial charge in [0.2, 0.25) is 0 Å². The van der Waals surface area contributed by atoms with Crippen LogP contribution in [0.1, 0.15) is 52.9 Å². The Morgan fingerprint density at radius 3 is 2.39 bits per heavy atom. The van der Waals surface area contributed by atoms with E-state index in [1.807, 2.05) is 6.92 Å². The van der Waals surface area contributed by atoms with Crippen LogP contribution in [0.2, 0.25) is 0 Å². The number of rotatable bonds is 11. The minimum absolute atomic E-state index is 0.0847. The van der Waals surface area contributed by atoms with Crippen LogP contribution in [0.3, 0.4) is 0 Å². The number of aliphatic hydroxyl groups excluding tert-OH is 1. The minimum Gasteiger partial charge on any atom is -0.466 e. The molecule has 0 aliphatic heterocycles. The number of hydrogen-bond acceptors (Lipinski definition) is 4. The smallest absolute Gasteiger partial charge is 0.305 e. The third-order valence-corrected chi connectivity index (χ3v) is 2.97. The quantitative estimate of drug-likeness (QED) is 0.456. The molecule has 0 spiro atoms. The van der Waals surface area contributed by atoms with Gasteiger partial charge in [0.1, 0.15) is 0 Å². The highest BCUT2D eigenvalue weighted by atomic mass is 16.5. The molecule has 0 radical (unpaired) electrons. The molecule has 0 aromatic heterocycles. The lowest BCUT2D eigenvalue weighted by Crippen LogP contribution is -2.33. The lowest BCUT2D eigenvalue weighted by Gasteiger charge is -2.26. The Kier molecular flexibility index (Phi) is 11.1. The van der Waals surface area contributed by atoms with Crippen molar-refractivity contribution in [2.24, 2.45) is 0 Å². The maximum Gasteiger partial charge on any atom is 0.305 e. The van der Waals surface area contributed by atoms with E-state index >= 15 is 0 Å². The summed E-state index contributed by atoms with van der Waals surface area (Å²) in [6, 6.07) is 0.515. The molecule has 0 fully saturated rings. The van der Waals surface area contributed by atoms with Gasteiger partial charge in [-0.15, -0.1) is 0 Å². The van der Waals surface area contributed by atoms with Gasteiger partial charge in [-0.3, -0.25) is 4.79 Å². The fourth-order valence-electron chi connectivity index (χ4n) is 1.90. The second-order valence-corrected chi connectivity index (χ2v) is 4.82. The van der Waals surface area contributed by atoms with Crippen molar-refractivity contribution in [2.75, 3.05) is 26.3 Å². The topological polar surface area (TPSA) is 49.8 Å². The summed E-state index contributed by atoms with van der Waals surface area (Å²) in [5, 5.41) is 8.84. The van der Waals surface area contributed by atoms with Crippen molar-refractivity contribution in [1.82, 2.24) is 4.90 Å². The number of esters is 1. The monoisotopic (exact) mass is 259 g/mol. The molecule has 4 nitrogen and oxygen atoms in total. The van der Waals surface area contributed by atoms with Crippen LogP contribution in [-0.4, -0.2) is 48.3 Å². The van der Waals surface area contributed by atoms with E-state index < -0.39 is 0 Å². The highest BCUT2D eigenvalue weighted by Crippen LogP contribution is 2.06. The second-order valence-electron chi connectivity index (χ2n) is 4.82. The standard InChI is InChI=1S/C14H29NO3/c1-4-18-14(17)9-6-5-7-10-15(13(2)3)11-8-12-16/h13,16H,4-12H2,1-3H3. The Balaban J connectivity index is 3.57. The molecule has 0 aliphatic carbocycles. The molecule has 0 saturated carbocycles. The normalized spacial score (nSPS) is 11.2. The molecule has 0 aromatic carbocycles. The largest absolute Gasteiger partial charge is 0.466 e. The van der Waals surface area contributed by atoms with Crippen LogP contribution >= 0.6 is 0 Å². The molecule has 18 heavy (non-hydrogen) atoms. The average Bonchev–Trinajstić information content (AvgIpc) is 2.32. The van der Waals surface area contributed by atoms with E-state index in [0.717, 1.165) is 38.8 Å². The van der Waals surface area contributed by atoms with Crippen molar-refractivity contribution >= 4 is 5.97 Å². The lowest BCUT2D eigenvalue weighted by atomic mass is 10.1. The first kappa shape index (κ1) is 17.4. The molecule has 0 bridgehead atoms. The van der Waals surface area contributed by atoms with E-state index in [9.17, 15) is 4.79 Å². The number of ether oxygens (including phenoxy) is 1. The van der Waals surface area contributed by atoms with E-state index in [1.54, 1.807) is 0 Å². The fourth-order valence-corrected chi connectivity index (χ4v) is 1.90. The van der Waals surface area contributed by atoms with E-state index in [0.29, 0.717) is 19.1 Å². The third-order valence-electron chi connectivity index (χ3n) is 2.97. The SMILES string of the molecule is CCOC(=O)CCCCCN(CCCO)C(C)C. The lowest BCUT2D eigenvalue weighted by molar-refractivity contribution is -0.143. The molecule has 0 aliphatic rings. The highest BCUT2D eigenvalue weighted by molar-refractivity contribution is 5.69. The van der Waals surface area contributed by atoms with Crippen LogP contribution in [0.4, 0.5) is 0 Å². The predicted octanol–water partition coefficient (Wildman–Crippen LogP) is 2.20. The first-order chi connectivity index (χ1) is 8.61. The summed E-state index contributed by atoms with van der Waals surface area (Å²) < 4.78 is 4.88. The summed E-state index contributed by atoms with van der Waals surface area (Å²) in [4.78, 5) is 13.5. The van der Waals surface area contributed by atoms with Crippen molar-refractivity contribution in [1.29, 1.82) is 0 Å². The van der Waals surface area contributed by atoms with Crippen LogP contribution in [0.15, 0.2) is 0 Å². The molecular formula is C14H29NO3. The van der Waals surface area contributed by atoms with Gasteiger partial charge < -0.3 is 14.7 Å². The van der Waals surface area contributed by atoms with Crippen LogP contribution in [0.5, 0.6) is 0 Å². The molecule has 4 heteroatoms. The number of nitrogens with zero attached hydrogens (tertiary/aromatic N) is 1. The van der Waals surface area contributed by atoms with Gasteiger partial charge in [0.15, 0.2) is 0 Å². The number of carbonyl (C=O) groups is 1. The van der Waals surface area contributed by atoms with Gasteiger partial charge >= 0.3 is 5.97 Å². The van der Waals surface area contributed by atoms with E-state index in [2.05, 4.69) is 18.7 Å². The third kappa shape index (κ3) is 9.42. The molecular weight excluding hydrogens is 230 g/mol. The summed E-state index contributed by atoms with van der Waals surface area (Å²) in [5.41, 5.74) is 0. The van der Waals surface area contributed by atoms with Crippen LogP contribution < -0.4 is 0 Å². The van der Waals surface area contributed by atoms with E-state index in [4.69, 9.17) is 9.84 Å². The van der Waals surface area contributed by atoms with Crippen LogP contribution in [-0.2, 0) is 9.53 Å². The van der Waals surface area contributed by atoms with Gasteiger partial charge in [0, 0.05) is 25.6 Å². The van der Waals surface area contributed by atoms with Gasteiger partial charge in [-0.1, -0.05) is 6.42 Å². The summed E-state index contributed by atoms with van der Waals surface area (Å²) >= 11 is 0. The Hall–Kier alpha value is -0.610. The van der Waals surface area contributed by atoms with Crippen molar-refractivity contribution in [3.8, 4) is 0 Å². The van der Waals surface area contributed by atoms with Gasteiger partial charge in [-0.2, -0.15) is 0 Å². The Morgan fingerprint density at radius 2 is 1.83 bits per heavy atom. The Morgan fingerprint density at radius 1 is 1.17 bits per heavy atom. The minimum atomic E-state index is -0.0847. The van der Waals surface area contributed by atoms with E-state index in [-0.39, 0.29) is 12.6 Å². The second kappa shape index (κ2) is 11.5. The Labute approximate surface area is 111 Å². The summed E-state index contributed by atoms with van der Waals surface area (Å²) in [6.45, 7) is 8.91. The molecule has 108 valence electrons. The Bertz CT molecular complexity index is 207. The van der Waals surface area contributed by atoms with Crippen molar-refractivity contribution in [3.05, 3.63) is 0 Å². The molecule has 0 saturated heterocycles. The molecule has 0 amide bonds. The van der Waals surface area contributed by atoms with Crippen LogP contribution in [0, 0.1) is 0 Å². The van der Waals surface area contributed by atoms with Gasteiger partial charge in [0.05, 0.1) is 6.61 Å². The maximum atomic E-state index is 11.1. The molecule has 0 rings (SSSR count). The number of unbranched alkanes of at least 4 members (excludes halogenated alkanes) is 2. The zero-order valence-corrected chi connectivity index (χ0v) is 12.2. The molecule has 0 atom stereocenters. The fraction of sp³-hybridized carbons (Fsp3) is 0.929. The number of carbonyl (C=O) groups excluding carboxylic acids is 1. The van der Waals surface area contributed by atoms with Crippen molar-refractivity contribution in [3.63, 3.8) is 0 Å². The van der Waals surface area contributed by atoms with Gasteiger partial charge in [-0.05, 0) is 46.6 Å². The van der Waals surface area contributed by atoms with Crippen molar-refractivity contribution in [2.45, 2.75) is 58.9 Å². The van der Waals surface area contributed by atoms with Gasteiger partial charge in [0.25, 0.3) is 0 Å². The highest BCUT2D eigenvalue weighted by Gasteiger charge is 2.08. The first-order valence-corrected chi connectivity index (χ1v) is 7.12. The number of aliphatic hydroxyl groups is 1. The van der Waals surface area contributed by atoms with Gasteiger partial charge in [-0.25, -0.2) is 0 Å².